The van der Waals surface area contributed by atoms with E-state index in [9.17, 15) is 0 Å². The molecule has 0 fully saturated rings. The standard InChI is InChI=1S/C3H6N/c1-2-3-4/h1-3H2. The van der Waals surface area contributed by atoms with Crippen LogP contribution in [-0.4, -0.2) is 6.54 Å². The highest BCUT2D eigenvalue weighted by atomic mass is 14.5. The molecule has 23 valence electrons. The summed E-state index contributed by atoms with van der Waals surface area (Å²) in [7, 11) is 0. The zero-order valence-corrected chi connectivity index (χ0v) is 2.57. The molecule has 0 aromatic heterocycles. The van der Waals surface area contributed by atoms with Gasteiger partial charge in [-0.1, -0.05) is 6.92 Å². The van der Waals surface area contributed by atoms with E-state index in [0.29, 0.717) is 6.42 Å². The summed E-state index contributed by atoms with van der Waals surface area (Å²) in [6.07, 6.45) is 0.625. The van der Waals surface area contributed by atoms with Crippen LogP contribution in [0.5, 0.6) is 0 Å². The highest BCUT2D eigenvalue weighted by Gasteiger charge is 1.59. The van der Waals surface area contributed by atoms with Gasteiger partial charge in [-0.25, -0.2) is 0 Å². The van der Waals surface area contributed by atoms with Crippen LogP contribution in [-0.2, 0) is 0 Å². The maximum atomic E-state index is 7.81. The average Bonchev–Trinajstić information content (AvgIpc) is 1.37. The fraction of sp³-hybridized carbons (Fsp3) is 0.667. The first-order valence-corrected chi connectivity index (χ1v) is 1.32. The first-order valence-electron chi connectivity index (χ1n) is 1.32. The van der Waals surface area contributed by atoms with Gasteiger partial charge in [0, 0.05) is 6.54 Å². The second kappa shape index (κ2) is 2.96. The van der Waals surface area contributed by atoms with Gasteiger partial charge in [0.1, 0.15) is 0 Å². The molecule has 0 bridgehead atoms. The second-order valence-corrected chi connectivity index (χ2v) is 0.577. The van der Waals surface area contributed by atoms with Gasteiger partial charge in [0.15, 0.2) is 0 Å². The highest BCUT2D eigenvalue weighted by Crippen LogP contribution is 1.58. The molecule has 0 rings (SSSR count). The fourth-order valence-electron chi connectivity index (χ4n) is 0. The third kappa shape index (κ3) is 1.96. The first kappa shape index (κ1) is 3.96. The van der Waals surface area contributed by atoms with E-state index in [4.69, 9.17) is 5.73 Å². The number of nitrogens with zero attached hydrogens (tertiary/aromatic N) is 1. The maximum absolute atomic E-state index is 7.81. The van der Waals surface area contributed by atoms with E-state index in [2.05, 4.69) is 6.92 Å². The molecule has 0 spiro atoms. The van der Waals surface area contributed by atoms with Crippen molar-refractivity contribution in [1.29, 1.82) is 0 Å². The molecule has 0 heterocycles. The van der Waals surface area contributed by atoms with Crippen molar-refractivity contribution in [2.45, 2.75) is 6.42 Å². The topological polar surface area (TPSA) is 22.3 Å². The molecule has 0 aromatic carbocycles. The van der Waals surface area contributed by atoms with Gasteiger partial charge in [-0.2, -0.15) is 0 Å². The molecule has 3 radical (unpaired) electrons. The lowest BCUT2D eigenvalue weighted by atomic mass is 10.5. The minimum absolute atomic E-state index is 0.208. The molecule has 0 saturated heterocycles. The lowest BCUT2D eigenvalue weighted by molar-refractivity contribution is 0.974. The van der Waals surface area contributed by atoms with Crippen molar-refractivity contribution >= 4 is 0 Å². The van der Waals surface area contributed by atoms with Crippen molar-refractivity contribution in [3.8, 4) is 0 Å². The summed E-state index contributed by atoms with van der Waals surface area (Å²) < 4.78 is 0. The van der Waals surface area contributed by atoms with Crippen molar-refractivity contribution in [1.82, 2.24) is 5.73 Å². The van der Waals surface area contributed by atoms with Crippen LogP contribution in [0.15, 0.2) is 0 Å². The van der Waals surface area contributed by atoms with Gasteiger partial charge in [-0.05, 0) is 6.42 Å². The van der Waals surface area contributed by atoms with Gasteiger partial charge in [0.05, 0.1) is 0 Å². The minimum Gasteiger partial charge on any atom is -0.145 e. The maximum Gasteiger partial charge on any atom is 0.0321 e. The number of rotatable bonds is 1. The molecular weight excluding hydrogens is 50.0 g/mol. The molecular formula is C3H6N. The highest BCUT2D eigenvalue weighted by molar-refractivity contribution is 4.33. The van der Waals surface area contributed by atoms with E-state index in [1.807, 2.05) is 0 Å². The van der Waals surface area contributed by atoms with Crippen molar-refractivity contribution in [3.05, 3.63) is 6.92 Å². The molecule has 0 aliphatic rings. The Morgan fingerprint density at radius 3 is 2.00 bits per heavy atom. The summed E-state index contributed by atoms with van der Waals surface area (Å²) in [4.78, 5) is 0. The molecule has 0 amide bonds. The predicted molar refractivity (Wildman–Crippen MR) is 17.0 cm³/mol. The summed E-state index contributed by atoms with van der Waals surface area (Å²) in [5, 5.41) is 0. The van der Waals surface area contributed by atoms with Gasteiger partial charge in [-0.15, -0.1) is 5.73 Å². The molecule has 0 N–H and O–H groups in total. The van der Waals surface area contributed by atoms with Crippen LogP contribution in [0.4, 0.5) is 0 Å². The lowest BCUT2D eigenvalue weighted by Crippen LogP contribution is -1.74. The van der Waals surface area contributed by atoms with E-state index in [1.165, 1.54) is 0 Å². The average molecular weight is 56.1 g/mol. The summed E-state index contributed by atoms with van der Waals surface area (Å²) in [5.41, 5.74) is 7.81. The van der Waals surface area contributed by atoms with E-state index >= 15 is 0 Å². The number of hydrogen-bond acceptors (Lipinski definition) is 0. The minimum atomic E-state index is 0.208. The second-order valence-electron chi connectivity index (χ2n) is 0.577. The normalized spacial score (nSPS) is 7.50. The fourth-order valence-corrected chi connectivity index (χ4v) is 0. The Bertz CT molecular complexity index is 5.25. The summed E-state index contributed by atoms with van der Waals surface area (Å²) in [5.74, 6) is 0. The van der Waals surface area contributed by atoms with Gasteiger partial charge in [0.25, 0.3) is 0 Å². The van der Waals surface area contributed by atoms with Crippen molar-refractivity contribution in [2.24, 2.45) is 0 Å². The molecule has 0 aromatic rings. The Labute approximate surface area is 26.8 Å². The molecule has 0 saturated carbocycles. The van der Waals surface area contributed by atoms with Gasteiger partial charge in [0.2, 0.25) is 0 Å². The van der Waals surface area contributed by atoms with Crippen LogP contribution in [0.25, 0.3) is 0 Å². The monoisotopic (exact) mass is 56.1 g/mol. The van der Waals surface area contributed by atoms with E-state index in [1.54, 1.807) is 0 Å². The van der Waals surface area contributed by atoms with E-state index < -0.39 is 0 Å². The smallest absolute Gasteiger partial charge is 0.0321 e. The van der Waals surface area contributed by atoms with E-state index in [-0.39, 0.29) is 6.54 Å². The molecule has 0 atom stereocenters. The Balaban J connectivity index is 1.97. The molecule has 0 aliphatic carbocycles. The lowest BCUT2D eigenvalue weighted by Gasteiger charge is -1.65. The third-order valence-electron chi connectivity index (χ3n) is 0.158. The Hall–Kier alpha value is -0.0400. The summed E-state index contributed by atoms with van der Waals surface area (Å²) >= 11 is 0. The van der Waals surface area contributed by atoms with Crippen LogP contribution < -0.4 is 5.73 Å². The van der Waals surface area contributed by atoms with Crippen molar-refractivity contribution in [3.63, 3.8) is 0 Å². The van der Waals surface area contributed by atoms with Gasteiger partial charge < -0.3 is 0 Å². The molecule has 0 unspecified atom stereocenters. The van der Waals surface area contributed by atoms with Gasteiger partial charge >= 0.3 is 0 Å². The van der Waals surface area contributed by atoms with Crippen LogP contribution in [0, 0.1) is 6.92 Å². The van der Waals surface area contributed by atoms with E-state index in [0.717, 1.165) is 0 Å². The SMILES string of the molecule is [CH2]CC[N]. The molecule has 1 heteroatoms. The number of hydrogen-bond donors (Lipinski definition) is 0. The third-order valence-corrected chi connectivity index (χ3v) is 0.158. The largest absolute Gasteiger partial charge is 0.145 e. The summed E-state index contributed by atoms with van der Waals surface area (Å²) in [6, 6.07) is 0. The van der Waals surface area contributed by atoms with Gasteiger partial charge in [-0.3, -0.25) is 0 Å². The zero-order chi connectivity index (χ0) is 3.41. The van der Waals surface area contributed by atoms with Crippen LogP contribution in [0.1, 0.15) is 6.42 Å². The molecule has 1 nitrogen and oxygen atoms in total. The quantitative estimate of drug-likeness (QED) is 0.411. The first-order chi connectivity index (χ1) is 1.91. The molecule has 4 heavy (non-hydrogen) atoms. The van der Waals surface area contributed by atoms with Crippen LogP contribution >= 0.6 is 0 Å². The summed E-state index contributed by atoms with van der Waals surface area (Å²) in [6.45, 7) is 3.56. The Kier molecular flexibility index (Phi) is 2.93. The Morgan fingerprint density at radius 2 is 2.00 bits per heavy atom. The zero-order valence-electron chi connectivity index (χ0n) is 2.57. The van der Waals surface area contributed by atoms with Crippen LogP contribution in [0.2, 0.25) is 0 Å². The Morgan fingerprint density at radius 1 is 1.75 bits per heavy atom. The van der Waals surface area contributed by atoms with Crippen molar-refractivity contribution < 1.29 is 0 Å². The van der Waals surface area contributed by atoms with Crippen LogP contribution in [0.3, 0.4) is 0 Å². The van der Waals surface area contributed by atoms with Crippen molar-refractivity contribution in [2.75, 3.05) is 6.54 Å². The predicted octanol–water partition coefficient (Wildman–Crippen LogP) is 0.279. The molecule has 0 aliphatic heterocycles.